The number of aryl methyl sites for hydroxylation is 2. The maximum absolute atomic E-state index is 5.17. The van der Waals surface area contributed by atoms with Gasteiger partial charge < -0.3 is 4.74 Å². The molecule has 0 bridgehead atoms. The van der Waals surface area contributed by atoms with E-state index in [0.29, 0.717) is 5.88 Å². The van der Waals surface area contributed by atoms with Crippen molar-refractivity contribution in [3.8, 4) is 5.88 Å². The molecule has 0 saturated carbocycles. The van der Waals surface area contributed by atoms with Gasteiger partial charge in [0.1, 0.15) is 5.52 Å². The highest BCUT2D eigenvalue weighted by Crippen LogP contribution is 2.23. The van der Waals surface area contributed by atoms with E-state index in [4.69, 9.17) is 4.74 Å². The van der Waals surface area contributed by atoms with E-state index in [9.17, 15) is 0 Å². The molecule has 0 atom stereocenters. The second-order valence-corrected chi connectivity index (χ2v) is 5.01. The molecule has 92 valence electrons. The van der Waals surface area contributed by atoms with Crippen LogP contribution in [0, 0.1) is 17.7 Å². The summed E-state index contributed by atoms with van der Waals surface area (Å²) in [4.78, 5) is 13.5. The van der Waals surface area contributed by atoms with Crippen LogP contribution in [0.15, 0.2) is 12.1 Å². The zero-order valence-corrected chi connectivity index (χ0v) is 12.4. The van der Waals surface area contributed by atoms with Crippen LogP contribution in [0.1, 0.15) is 11.4 Å². The van der Waals surface area contributed by atoms with E-state index in [-0.39, 0.29) is 0 Å². The second kappa shape index (κ2) is 4.04. The van der Waals surface area contributed by atoms with Crippen LogP contribution < -0.4 is 4.74 Å². The van der Waals surface area contributed by atoms with E-state index in [1.807, 2.05) is 30.4 Å². The Morgan fingerprint density at radius 1 is 1.11 bits per heavy atom. The Bertz CT molecular complexity index is 766. The van der Waals surface area contributed by atoms with E-state index in [0.717, 1.165) is 31.9 Å². The smallest absolute Gasteiger partial charge is 0.215 e. The van der Waals surface area contributed by atoms with Gasteiger partial charge in [0, 0.05) is 28.7 Å². The van der Waals surface area contributed by atoms with Crippen molar-refractivity contribution in [1.82, 2.24) is 19.4 Å². The molecule has 0 aliphatic heterocycles. The molecule has 3 rings (SSSR count). The first-order valence-electron chi connectivity index (χ1n) is 5.47. The molecule has 3 aromatic heterocycles. The minimum atomic E-state index is 0.580. The fraction of sp³-hybridized carbons (Fsp3) is 0.250. The Hall–Kier alpha value is -1.44. The van der Waals surface area contributed by atoms with Crippen molar-refractivity contribution < 1.29 is 4.74 Å². The SMILES string of the molecule is COc1ccc2nc(C)c3c(C)nc(I)n3c2n1. The molecular formula is C12H11IN4O. The predicted molar refractivity (Wildman–Crippen MR) is 77.0 cm³/mol. The lowest BCUT2D eigenvalue weighted by Gasteiger charge is -2.06. The summed E-state index contributed by atoms with van der Waals surface area (Å²) < 4.78 is 8.08. The minimum Gasteiger partial charge on any atom is -0.481 e. The molecule has 3 heterocycles. The van der Waals surface area contributed by atoms with Crippen LogP contribution in [-0.2, 0) is 0 Å². The Morgan fingerprint density at radius 3 is 2.56 bits per heavy atom. The van der Waals surface area contributed by atoms with Gasteiger partial charge in [0.05, 0.1) is 24.0 Å². The number of imidazole rings is 1. The Kier molecular flexibility index (Phi) is 2.61. The summed E-state index contributed by atoms with van der Waals surface area (Å²) in [6.07, 6.45) is 0. The number of methoxy groups -OCH3 is 1. The van der Waals surface area contributed by atoms with Gasteiger partial charge in [-0.3, -0.25) is 4.40 Å². The fourth-order valence-corrected chi connectivity index (χ4v) is 2.97. The first-order chi connectivity index (χ1) is 8.61. The van der Waals surface area contributed by atoms with Gasteiger partial charge in [-0.15, -0.1) is 0 Å². The van der Waals surface area contributed by atoms with Gasteiger partial charge in [0.2, 0.25) is 5.88 Å². The Morgan fingerprint density at radius 2 is 1.83 bits per heavy atom. The van der Waals surface area contributed by atoms with Crippen LogP contribution in [0.25, 0.3) is 16.7 Å². The Labute approximate surface area is 117 Å². The number of ether oxygens (including phenoxy) is 1. The number of pyridine rings is 1. The van der Waals surface area contributed by atoms with E-state index >= 15 is 0 Å². The van der Waals surface area contributed by atoms with Crippen molar-refractivity contribution in [2.75, 3.05) is 7.11 Å². The summed E-state index contributed by atoms with van der Waals surface area (Å²) in [6, 6.07) is 3.73. The van der Waals surface area contributed by atoms with E-state index in [2.05, 4.69) is 37.5 Å². The van der Waals surface area contributed by atoms with Crippen molar-refractivity contribution >= 4 is 39.3 Å². The van der Waals surface area contributed by atoms with Gasteiger partial charge in [-0.2, -0.15) is 4.98 Å². The molecule has 0 aromatic carbocycles. The molecule has 0 aliphatic rings. The minimum absolute atomic E-state index is 0.580. The quantitative estimate of drug-likeness (QED) is 0.630. The highest BCUT2D eigenvalue weighted by atomic mass is 127. The average Bonchev–Trinajstić information content (AvgIpc) is 2.65. The summed E-state index contributed by atoms with van der Waals surface area (Å²) >= 11 is 2.21. The van der Waals surface area contributed by atoms with Crippen LogP contribution in [-0.4, -0.2) is 26.5 Å². The average molecular weight is 354 g/mol. The maximum Gasteiger partial charge on any atom is 0.215 e. The molecule has 0 N–H and O–H groups in total. The molecule has 5 nitrogen and oxygen atoms in total. The zero-order valence-electron chi connectivity index (χ0n) is 10.2. The molecule has 0 unspecified atom stereocenters. The summed E-state index contributed by atoms with van der Waals surface area (Å²) in [5.74, 6) is 0.580. The van der Waals surface area contributed by atoms with Crippen molar-refractivity contribution in [2.24, 2.45) is 0 Å². The van der Waals surface area contributed by atoms with Gasteiger partial charge in [0.15, 0.2) is 9.48 Å². The topological polar surface area (TPSA) is 52.3 Å². The third kappa shape index (κ3) is 1.55. The standard InChI is InChI=1S/C12H11IN4O/c1-6-10-7(2)15-12(13)17(10)11-8(14-6)4-5-9(16-11)18-3/h4-5H,1-3H3. The summed E-state index contributed by atoms with van der Waals surface area (Å²) in [5.41, 5.74) is 4.57. The summed E-state index contributed by atoms with van der Waals surface area (Å²) in [5, 5.41) is 0. The molecule has 0 fully saturated rings. The predicted octanol–water partition coefficient (Wildman–Crippen LogP) is 2.51. The molecule has 0 spiro atoms. The van der Waals surface area contributed by atoms with Gasteiger partial charge in [-0.05, 0) is 19.9 Å². The van der Waals surface area contributed by atoms with Gasteiger partial charge >= 0.3 is 0 Å². The van der Waals surface area contributed by atoms with Crippen LogP contribution >= 0.6 is 22.6 Å². The van der Waals surface area contributed by atoms with Crippen LogP contribution in [0.5, 0.6) is 5.88 Å². The van der Waals surface area contributed by atoms with Crippen LogP contribution in [0.2, 0.25) is 0 Å². The lowest BCUT2D eigenvalue weighted by atomic mass is 10.3. The molecule has 0 amide bonds. The van der Waals surface area contributed by atoms with Crippen molar-refractivity contribution in [3.63, 3.8) is 0 Å². The largest absolute Gasteiger partial charge is 0.481 e. The van der Waals surface area contributed by atoms with Crippen LogP contribution in [0.4, 0.5) is 0 Å². The number of hydrogen-bond donors (Lipinski definition) is 0. The maximum atomic E-state index is 5.17. The molecule has 18 heavy (non-hydrogen) atoms. The Balaban J connectivity index is 2.57. The van der Waals surface area contributed by atoms with E-state index in [1.54, 1.807) is 7.11 Å². The molecule has 3 aromatic rings. The molecule has 0 radical (unpaired) electrons. The number of halogens is 1. The first kappa shape index (κ1) is 11.6. The highest BCUT2D eigenvalue weighted by Gasteiger charge is 2.14. The molecule has 0 aliphatic carbocycles. The zero-order chi connectivity index (χ0) is 12.9. The number of nitrogens with zero attached hydrogens (tertiary/aromatic N) is 4. The van der Waals surface area contributed by atoms with Crippen molar-refractivity contribution in [1.29, 1.82) is 0 Å². The van der Waals surface area contributed by atoms with Gasteiger partial charge in [-0.25, -0.2) is 9.97 Å². The van der Waals surface area contributed by atoms with Crippen molar-refractivity contribution in [3.05, 3.63) is 27.4 Å². The molecule has 6 heteroatoms. The number of aromatic nitrogens is 4. The molecular weight excluding hydrogens is 343 g/mol. The first-order valence-corrected chi connectivity index (χ1v) is 6.55. The van der Waals surface area contributed by atoms with Crippen molar-refractivity contribution in [2.45, 2.75) is 13.8 Å². The lowest BCUT2D eigenvalue weighted by molar-refractivity contribution is 0.399. The fourth-order valence-electron chi connectivity index (χ4n) is 2.14. The third-order valence-corrected chi connectivity index (χ3v) is 3.62. The third-order valence-electron chi connectivity index (χ3n) is 2.89. The normalized spacial score (nSPS) is 11.3. The highest BCUT2D eigenvalue weighted by molar-refractivity contribution is 14.1. The van der Waals surface area contributed by atoms with E-state index in [1.165, 1.54) is 0 Å². The lowest BCUT2D eigenvalue weighted by Crippen LogP contribution is -2.00. The second-order valence-electron chi connectivity index (χ2n) is 4.04. The number of rotatable bonds is 1. The van der Waals surface area contributed by atoms with Gasteiger partial charge in [0.25, 0.3) is 0 Å². The summed E-state index contributed by atoms with van der Waals surface area (Å²) in [7, 11) is 1.61. The summed E-state index contributed by atoms with van der Waals surface area (Å²) in [6.45, 7) is 3.97. The monoisotopic (exact) mass is 354 g/mol. The van der Waals surface area contributed by atoms with Crippen LogP contribution in [0.3, 0.4) is 0 Å². The molecule has 0 saturated heterocycles. The number of fused-ring (bicyclic) bond motifs is 3. The van der Waals surface area contributed by atoms with Gasteiger partial charge in [-0.1, -0.05) is 0 Å². The number of hydrogen-bond acceptors (Lipinski definition) is 4. The van der Waals surface area contributed by atoms with E-state index < -0.39 is 0 Å².